The summed E-state index contributed by atoms with van der Waals surface area (Å²) in [5, 5.41) is 9.11. The molecule has 0 saturated heterocycles. The molecule has 1 aliphatic rings. The van der Waals surface area contributed by atoms with Crippen LogP contribution in [0, 0.1) is 17.2 Å². The molecule has 1 fully saturated rings. The van der Waals surface area contributed by atoms with Gasteiger partial charge in [-0.1, -0.05) is 19.8 Å². The van der Waals surface area contributed by atoms with Gasteiger partial charge in [-0.3, -0.25) is 0 Å². The zero-order chi connectivity index (χ0) is 10.4. The number of nitriles is 1. The number of ether oxygens (including phenoxy) is 1. The van der Waals surface area contributed by atoms with Gasteiger partial charge in [0.15, 0.2) is 5.60 Å². The van der Waals surface area contributed by atoms with Gasteiger partial charge in [-0.25, -0.2) is 0 Å². The van der Waals surface area contributed by atoms with Crippen molar-refractivity contribution in [2.45, 2.75) is 58.0 Å². The lowest BCUT2D eigenvalue weighted by Gasteiger charge is -2.34. The second-order valence-electron chi connectivity index (χ2n) is 4.27. The van der Waals surface area contributed by atoms with Crippen LogP contribution in [-0.4, -0.2) is 12.2 Å². The molecule has 1 rings (SSSR count). The molecule has 0 atom stereocenters. The maximum atomic E-state index is 9.11. The first-order valence-electron chi connectivity index (χ1n) is 5.81. The normalized spacial score (nSPS) is 32.5. The summed E-state index contributed by atoms with van der Waals surface area (Å²) in [6, 6.07) is 2.36. The Morgan fingerprint density at radius 3 is 2.43 bits per heavy atom. The molecule has 0 aliphatic heterocycles. The van der Waals surface area contributed by atoms with Crippen LogP contribution >= 0.6 is 0 Å². The fraction of sp³-hybridized carbons (Fsp3) is 0.917. The topological polar surface area (TPSA) is 33.0 Å². The van der Waals surface area contributed by atoms with E-state index in [2.05, 4.69) is 13.0 Å². The highest BCUT2D eigenvalue weighted by Gasteiger charge is 2.35. The highest BCUT2D eigenvalue weighted by molar-refractivity contribution is 5.04. The fourth-order valence-electron chi connectivity index (χ4n) is 2.41. The molecule has 0 aromatic rings. The lowest BCUT2D eigenvalue weighted by Crippen LogP contribution is -2.35. The van der Waals surface area contributed by atoms with Crippen LogP contribution in [0.4, 0.5) is 0 Å². The van der Waals surface area contributed by atoms with Crippen molar-refractivity contribution in [3.8, 4) is 6.07 Å². The van der Waals surface area contributed by atoms with E-state index in [1.807, 2.05) is 6.92 Å². The Balaban J connectivity index is 2.43. The molecule has 0 bridgehead atoms. The summed E-state index contributed by atoms with van der Waals surface area (Å²) < 4.78 is 5.58. The predicted molar refractivity (Wildman–Crippen MR) is 56.8 cm³/mol. The summed E-state index contributed by atoms with van der Waals surface area (Å²) in [7, 11) is 0. The first kappa shape index (κ1) is 11.5. The minimum atomic E-state index is -0.445. The minimum Gasteiger partial charge on any atom is -0.360 e. The molecule has 0 aromatic carbocycles. The largest absolute Gasteiger partial charge is 0.360 e. The van der Waals surface area contributed by atoms with Crippen LogP contribution < -0.4 is 0 Å². The fourth-order valence-corrected chi connectivity index (χ4v) is 2.41. The smallest absolute Gasteiger partial charge is 0.154 e. The van der Waals surface area contributed by atoms with Crippen LogP contribution in [0.15, 0.2) is 0 Å². The quantitative estimate of drug-likeness (QED) is 0.689. The lowest BCUT2D eigenvalue weighted by atomic mass is 9.78. The van der Waals surface area contributed by atoms with Crippen LogP contribution in [0.1, 0.15) is 52.4 Å². The molecule has 0 heterocycles. The molecule has 1 saturated carbocycles. The van der Waals surface area contributed by atoms with Crippen molar-refractivity contribution < 1.29 is 4.74 Å². The van der Waals surface area contributed by atoms with Gasteiger partial charge in [-0.2, -0.15) is 5.26 Å². The summed E-state index contributed by atoms with van der Waals surface area (Å²) in [5.74, 6) is 0.835. The lowest BCUT2D eigenvalue weighted by molar-refractivity contribution is -0.0310. The third-order valence-electron chi connectivity index (χ3n) is 3.23. The maximum absolute atomic E-state index is 9.11. The van der Waals surface area contributed by atoms with Gasteiger partial charge in [0.05, 0.1) is 6.07 Å². The van der Waals surface area contributed by atoms with Gasteiger partial charge in [0.25, 0.3) is 0 Å². The van der Waals surface area contributed by atoms with Gasteiger partial charge in [0.1, 0.15) is 0 Å². The Kier molecular flexibility index (Phi) is 4.41. The molecule has 80 valence electrons. The molecule has 0 radical (unpaired) electrons. The van der Waals surface area contributed by atoms with E-state index in [0.29, 0.717) is 6.61 Å². The van der Waals surface area contributed by atoms with E-state index in [0.717, 1.165) is 18.8 Å². The molecule has 0 N–H and O–H groups in total. The summed E-state index contributed by atoms with van der Waals surface area (Å²) in [4.78, 5) is 0. The van der Waals surface area contributed by atoms with Gasteiger partial charge in [0, 0.05) is 6.61 Å². The van der Waals surface area contributed by atoms with Crippen molar-refractivity contribution >= 4 is 0 Å². The second kappa shape index (κ2) is 5.36. The summed E-state index contributed by atoms with van der Waals surface area (Å²) in [6.45, 7) is 4.86. The van der Waals surface area contributed by atoms with E-state index in [-0.39, 0.29) is 0 Å². The van der Waals surface area contributed by atoms with Gasteiger partial charge in [-0.05, 0) is 38.5 Å². The van der Waals surface area contributed by atoms with Gasteiger partial charge < -0.3 is 4.74 Å². The van der Waals surface area contributed by atoms with Crippen LogP contribution in [0.5, 0.6) is 0 Å². The van der Waals surface area contributed by atoms with Gasteiger partial charge in [-0.15, -0.1) is 0 Å². The summed E-state index contributed by atoms with van der Waals surface area (Å²) in [6.07, 6.45) is 6.78. The number of hydrogen-bond acceptors (Lipinski definition) is 2. The van der Waals surface area contributed by atoms with Crippen molar-refractivity contribution in [2.75, 3.05) is 6.61 Å². The van der Waals surface area contributed by atoms with Crippen molar-refractivity contribution in [1.29, 1.82) is 5.26 Å². The van der Waals surface area contributed by atoms with Crippen molar-refractivity contribution in [1.82, 2.24) is 0 Å². The Morgan fingerprint density at radius 2 is 2.00 bits per heavy atom. The summed E-state index contributed by atoms with van der Waals surface area (Å²) in [5.41, 5.74) is -0.445. The molecule has 0 unspecified atom stereocenters. The molecule has 14 heavy (non-hydrogen) atoms. The Hall–Kier alpha value is -0.550. The monoisotopic (exact) mass is 195 g/mol. The van der Waals surface area contributed by atoms with Crippen LogP contribution in [0.3, 0.4) is 0 Å². The highest BCUT2D eigenvalue weighted by Crippen LogP contribution is 2.36. The van der Waals surface area contributed by atoms with E-state index >= 15 is 0 Å². The number of rotatable bonds is 4. The number of nitrogens with zero attached hydrogens (tertiary/aromatic N) is 1. The average Bonchev–Trinajstić information content (AvgIpc) is 2.22. The van der Waals surface area contributed by atoms with Crippen LogP contribution in [0.25, 0.3) is 0 Å². The minimum absolute atomic E-state index is 0.445. The molecule has 2 heteroatoms. The van der Waals surface area contributed by atoms with E-state index in [1.54, 1.807) is 0 Å². The zero-order valence-electron chi connectivity index (χ0n) is 9.38. The summed E-state index contributed by atoms with van der Waals surface area (Å²) >= 11 is 0. The predicted octanol–water partition coefficient (Wildman–Crippen LogP) is 3.28. The maximum Gasteiger partial charge on any atom is 0.154 e. The molecule has 1 aliphatic carbocycles. The SMILES string of the molecule is CCCC1CCC(C#N)(OCC)CC1. The van der Waals surface area contributed by atoms with Gasteiger partial charge in [0.2, 0.25) is 0 Å². The van der Waals surface area contributed by atoms with Crippen molar-refractivity contribution in [3.63, 3.8) is 0 Å². The Labute approximate surface area is 87.3 Å². The molecule has 0 amide bonds. The average molecular weight is 195 g/mol. The third kappa shape index (κ3) is 2.72. The molecular weight excluding hydrogens is 174 g/mol. The molecule has 2 nitrogen and oxygen atoms in total. The first-order valence-corrected chi connectivity index (χ1v) is 5.81. The van der Waals surface area contributed by atoms with Crippen molar-refractivity contribution in [2.24, 2.45) is 5.92 Å². The van der Waals surface area contributed by atoms with Crippen molar-refractivity contribution in [3.05, 3.63) is 0 Å². The van der Waals surface area contributed by atoms with Crippen LogP contribution in [0.2, 0.25) is 0 Å². The molecule has 0 aromatic heterocycles. The third-order valence-corrected chi connectivity index (χ3v) is 3.23. The standard InChI is InChI=1S/C12H21NO/c1-3-5-11-6-8-12(10-13,9-7-11)14-4-2/h11H,3-9H2,1-2H3. The molecular formula is C12H21NO. The Morgan fingerprint density at radius 1 is 1.36 bits per heavy atom. The van der Waals surface area contributed by atoms with Gasteiger partial charge >= 0.3 is 0 Å². The highest BCUT2D eigenvalue weighted by atomic mass is 16.5. The van der Waals surface area contributed by atoms with E-state index < -0.39 is 5.60 Å². The van der Waals surface area contributed by atoms with E-state index in [9.17, 15) is 0 Å². The Bertz CT molecular complexity index is 199. The first-order chi connectivity index (χ1) is 6.76. The molecule has 0 spiro atoms. The number of hydrogen-bond donors (Lipinski definition) is 0. The van der Waals surface area contributed by atoms with E-state index in [1.165, 1.54) is 25.7 Å². The second-order valence-corrected chi connectivity index (χ2v) is 4.27. The zero-order valence-corrected chi connectivity index (χ0v) is 9.38. The van der Waals surface area contributed by atoms with Crippen LogP contribution in [-0.2, 0) is 4.74 Å². The van der Waals surface area contributed by atoms with E-state index in [4.69, 9.17) is 10.00 Å².